The van der Waals surface area contributed by atoms with Crippen molar-refractivity contribution in [3.05, 3.63) is 70.3 Å². The Morgan fingerprint density at radius 1 is 1.12 bits per heavy atom. The van der Waals surface area contributed by atoms with Gasteiger partial charge >= 0.3 is 0 Å². The number of hydrogen-bond acceptors (Lipinski definition) is 6. The van der Waals surface area contributed by atoms with Crippen LogP contribution in [0.1, 0.15) is 93.1 Å². The fourth-order valence-electron chi connectivity index (χ4n) is 8.36. The van der Waals surface area contributed by atoms with Gasteiger partial charge in [-0.15, -0.1) is 0 Å². The SMILES string of the molecule is CCCc1cc(Cl)ccc1C1COc2ccc(C=O)cc2N(CC2CCC2C(/C=C/CC(C)C(C)S(=O)NC)CN2CCCC(F)CCNCC2)C1. The molecule has 8 atom stereocenters. The van der Waals surface area contributed by atoms with Gasteiger partial charge in [0.1, 0.15) is 18.2 Å². The van der Waals surface area contributed by atoms with Crippen LogP contribution in [0.25, 0.3) is 0 Å². The summed E-state index contributed by atoms with van der Waals surface area (Å²) in [6, 6.07) is 12.1. The third kappa shape index (κ3) is 11.1. The summed E-state index contributed by atoms with van der Waals surface area (Å²) < 4.78 is 36.4. The molecule has 2 N–H and O–H groups in total. The van der Waals surface area contributed by atoms with E-state index in [2.05, 4.69) is 64.9 Å². The zero-order valence-corrected chi connectivity index (χ0v) is 33.4. The number of rotatable bonds is 15. The van der Waals surface area contributed by atoms with Crippen molar-refractivity contribution >= 4 is 34.6 Å². The molecule has 1 saturated heterocycles. The number of benzene rings is 2. The second-order valence-electron chi connectivity index (χ2n) is 15.4. The van der Waals surface area contributed by atoms with Crippen LogP contribution in [0, 0.1) is 23.7 Å². The third-order valence-electron chi connectivity index (χ3n) is 11.8. The second kappa shape index (κ2) is 20.4. The van der Waals surface area contributed by atoms with E-state index in [4.69, 9.17) is 16.3 Å². The van der Waals surface area contributed by atoms with Crippen LogP contribution in [0.4, 0.5) is 10.1 Å². The predicted molar refractivity (Wildman–Crippen MR) is 215 cm³/mol. The molecule has 1 aliphatic carbocycles. The van der Waals surface area contributed by atoms with Crippen LogP contribution in [-0.4, -0.2) is 86.3 Å². The lowest BCUT2D eigenvalue weighted by Gasteiger charge is -2.45. The highest BCUT2D eigenvalue weighted by Crippen LogP contribution is 2.44. The summed E-state index contributed by atoms with van der Waals surface area (Å²) in [7, 11) is 0.698. The largest absolute Gasteiger partial charge is 0.491 e. The maximum Gasteiger partial charge on any atom is 0.150 e. The first kappa shape index (κ1) is 40.9. The van der Waals surface area contributed by atoms with Crippen LogP contribution < -0.4 is 19.7 Å². The van der Waals surface area contributed by atoms with Gasteiger partial charge in [0.25, 0.3) is 0 Å². The van der Waals surface area contributed by atoms with Crippen LogP contribution in [0.2, 0.25) is 5.02 Å². The Bertz CT molecular complexity index is 1500. The highest BCUT2D eigenvalue weighted by molar-refractivity contribution is 7.83. The van der Waals surface area contributed by atoms with Gasteiger partial charge in [-0.05, 0) is 137 Å². The first-order valence-corrected chi connectivity index (χ1v) is 21.4. The number of anilines is 1. The molecule has 52 heavy (non-hydrogen) atoms. The Balaban J connectivity index is 1.39. The Morgan fingerprint density at radius 2 is 1.96 bits per heavy atom. The van der Waals surface area contributed by atoms with Crippen LogP contribution >= 0.6 is 11.6 Å². The molecule has 0 amide bonds. The lowest BCUT2D eigenvalue weighted by Crippen LogP contribution is -2.46. The van der Waals surface area contributed by atoms with Crippen molar-refractivity contribution in [2.45, 2.75) is 89.5 Å². The zero-order chi connectivity index (χ0) is 37.0. The molecule has 5 rings (SSSR count). The number of nitrogens with zero attached hydrogens (tertiary/aromatic N) is 2. The predicted octanol–water partition coefficient (Wildman–Crippen LogP) is 8.00. The monoisotopic (exact) mass is 756 g/mol. The fraction of sp³-hybridized carbons (Fsp3) is 0.643. The molecule has 0 aromatic heterocycles. The molecule has 2 aromatic rings. The van der Waals surface area contributed by atoms with E-state index in [-0.39, 0.29) is 17.1 Å². The lowest BCUT2D eigenvalue weighted by molar-refractivity contribution is 0.0986. The first-order chi connectivity index (χ1) is 25.2. The molecule has 2 fully saturated rings. The van der Waals surface area contributed by atoms with E-state index in [0.29, 0.717) is 42.8 Å². The molecule has 0 radical (unpaired) electrons. The van der Waals surface area contributed by atoms with Gasteiger partial charge in [0, 0.05) is 54.5 Å². The van der Waals surface area contributed by atoms with Crippen molar-refractivity contribution in [3.63, 3.8) is 0 Å². The van der Waals surface area contributed by atoms with Gasteiger partial charge in [-0.25, -0.2) is 13.3 Å². The van der Waals surface area contributed by atoms with Crippen molar-refractivity contribution in [2.75, 3.05) is 64.4 Å². The quantitative estimate of drug-likeness (QED) is 0.142. The van der Waals surface area contributed by atoms with E-state index < -0.39 is 17.2 Å². The minimum absolute atomic E-state index is 0.0549. The first-order valence-electron chi connectivity index (χ1n) is 19.8. The van der Waals surface area contributed by atoms with E-state index in [9.17, 15) is 13.4 Å². The zero-order valence-electron chi connectivity index (χ0n) is 31.8. The number of carbonyl (C=O) groups is 1. The van der Waals surface area contributed by atoms with Crippen molar-refractivity contribution in [2.24, 2.45) is 23.7 Å². The van der Waals surface area contributed by atoms with Crippen molar-refractivity contribution in [3.8, 4) is 5.75 Å². The number of carbonyl (C=O) groups excluding carboxylic acids is 1. The van der Waals surface area contributed by atoms with Gasteiger partial charge in [-0.1, -0.05) is 50.1 Å². The van der Waals surface area contributed by atoms with Crippen LogP contribution in [0.5, 0.6) is 5.75 Å². The number of halogens is 2. The topological polar surface area (TPSA) is 73.9 Å². The average molecular weight is 758 g/mol. The maximum atomic E-state index is 14.4. The van der Waals surface area contributed by atoms with Gasteiger partial charge < -0.3 is 19.9 Å². The molecule has 2 heterocycles. The minimum atomic E-state index is -1.06. The molecule has 0 bridgehead atoms. The van der Waals surface area contributed by atoms with Gasteiger partial charge in [-0.2, -0.15) is 0 Å². The lowest BCUT2D eigenvalue weighted by atomic mass is 9.66. The Labute approximate surface area is 320 Å². The number of aldehydes is 1. The molecule has 0 spiro atoms. The average Bonchev–Trinajstić information content (AvgIpc) is 3.31. The molecule has 1 saturated carbocycles. The number of aryl methyl sites for hydroxylation is 1. The van der Waals surface area contributed by atoms with E-state index in [0.717, 1.165) is 101 Å². The minimum Gasteiger partial charge on any atom is -0.491 e. The molecule has 2 aromatic carbocycles. The highest BCUT2D eigenvalue weighted by Gasteiger charge is 2.39. The van der Waals surface area contributed by atoms with E-state index in [1.54, 1.807) is 7.05 Å². The van der Waals surface area contributed by atoms with Crippen LogP contribution in [0.3, 0.4) is 0 Å². The standard InChI is InChI=1S/C42H62ClFN4O3S/c1-5-8-33-24-37(43)14-16-39(33)36-27-48(41-23-32(28-49)12-17-42(41)51-29-36)26-35-13-15-40(35)34(10-6-9-30(2)31(3)52(50)45-4)25-47-21-7-11-38(44)18-19-46-20-22-47/h6,10,12,14,16-17,23-24,28,30-31,34-36,38,40,45-46H,5,7-9,11,13,15,18-22,25-27,29H2,1-4H3/b10-6+. The number of ether oxygens (including phenoxy) is 1. The van der Waals surface area contributed by atoms with E-state index in [1.165, 1.54) is 17.5 Å². The van der Waals surface area contributed by atoms with Crippen molar-refractivity contribution in [1.29, 1.82) is 0 Å². The molecule has 10 heteroatoms. The van der Waals surface area contributed by atoms with Crippen molar-refractivity contribution < 1.29 is 18.1 Å². The summed E-state index contributed by atoms with van der Waals surface area (Å²) in [4.78, 5) is 17.0. The summed E-state index contributed by atoms with van der Waals surface area (Å²) in [5.41, 5.74) is 4.23. The maximum absolute atomic E-state index is 14.4. The summed E-state index contributed by atoms with van der Waals surface area (Å²) >= 11 is 6.48. The molecule has 8 unspecified atom stereocenters. The molecular weight excluding hydrogens is 695 g/mol. The molecule has 3 aliphatic rings. The highest BCUT2D eigenvalue weighted by atomic mass is 35.5. The van der Waals surface area contributed by atoms with Gasteiger partial charge in [0.15, 0.2) is 0 Å². The normalized spacial score (nSPS) is 25.6. The Morgan fingerprint density at radius 3 is 2.71 bits per heavy atom. The molecular formula is C42H62ClFN4O3S. The summed E-state index contributed by atoms with van der Waals surface area (Å²) in [5.74, 6) is 2.60. The number of alkyl halides is 1. The Kier molecular flexibility index (Phi) is 16.0. The van der Waals surface area contributed by atoms with E-state index >= 15 is 0 Å². The summed E-state index contributed by atoms with van der Waals surface area (Å²) in [5, 5.41) is 4.29. The molecule has 7 nitrogen and oxygen atoms in total. The smallest absolute Gasteiger partial charge is 0.150 e. The third-order valence-corrected chi connectivity index (χ3v) is 13.6. The summed E-state index contributed by atoms with van der Waals surface area (Å²) in [6.07, 6.45) is 12.3. The van der Waals surface area contributed by atoms with E-state index in [1.807, 2.05) is 24.3 Å². The summed E-state index contributed by atoms with van der Waals surface area (Å²) in [6.45, 7) is 13.1. The van der Waals surface area contributed by atoms with Gasteiger partial charge in [0.05, 0.1) is 23.3 Å². The molecule has 2 aliphatic heterocycles. The van der Waals surface area contributed by atoms with Gasteiger partial charge in [0.2, 0.25) is 0 Å². The van der Waals surface area contributed by atoms with Crippen molar-refractivity contribution in [1.82, 2.24) is 14.9 Å². The molecule has 288 valence electrons. The number of nitrogens with one attached hydrogen (secondary N) is 2. The van der Waals surface area contributed by atoms with Gasteiger partial charge in [-0.3, -0.25) is 4.79 Å². The number of hydrogen-bond donors (Lipinski definition) is 2. The van der Waals surface area contributed by atoms with Crippen LogP contribution in [-0.2, 0) is 17.4 Å². The second-order valence-corrected chi connectivity index (χ2v) is 17.6. The fourth-order valence-corrected chi connectivity index (χ4v) is 9.46. The number of allylic oxidation sites excluding steroid dienone is 1. The number of fused-ring (bicyclic) bond motifs is 1. The van der Waals surface area contributed by atoms with Crippen LogP contribution in [0.15, 0.2) is 48.6 Å². The Hall–Kier alpha value is -2.30.